The maximum atomic E-state index is 3.54. The van der Waals surface area contributed by atoms with Gasteiger partial charge in [-0.2, -0.15) is 0 Å². The summed E-state index contributed by atoms with van der Waals surface area (Å²) >= 11 is 0. The van der Waals surface area contributed by atoms with E-state index in [2.05, 4.69) is 31.0 Å². The van der Waals surface area contributed by atoms with Crippen LogP contribution in [0.15, 0.2) is 0 Å². The molecule has 2 rings (SSSR count). The van der Waals surface area contributed by atoms with Crippen LogP contribution in [0.1, 0.15) is 40.0 Å². The average molecular weight is 210 g/mol. The zero-order valence-corrected chi connectivity index (χ0v) is 10.6. The molecule has 0 aromatic heterocycles. The fourth-order valence-corrected chi connectivity index (χ4v) is 3.44. The minimum absolute atomic E-state index is 0.432. The van der Waals surface area contributed by atoms with Gasteiger partial charge in [0.15, 0.2) is 0 Å². The number of hydrogen-bond donors (Lipinski definition) is 1. The lowest BCUT2D eigenvalue weighted by atomic mass is 9.85. The molecule has 15 heavy (non-hydrogen) atoms. The highest BCUT2D eigenvalue weighted by Crippen LogP contribution is 2.40. The molecule has 2 saturated heterocycles. The maximum absolute atomic E-state index is 3.54. The molecule has 2 fully saturated rings. The highest BCUT2D eigenvalue weighted by Gasteiger charge is 2.48. The lowest BCUT2D eigenvalue weighted by molar-refractivity contribution is 0.137. The predicted octanol–water partition coefficient (Wildman–Crippen LogP) is 2.11. The molecule has 2 aliphatic heterocycles. The summed E-state index contributed by atoms with van der Waals surface area (Å²) in [5.41, 5.74) is 0.432. The van der Waals surface area contributed by atoms with Gasteiger partial charge < -0.3 is 5.32 Å². The molecule has 0 bridgehead atoms. The van der Waals surface area contributed by atoms with E-state index in [9.17, 15) is 0 Å². The first-order chi connectivity index (χ1) is 7.16. The van der Waals surface area contributed by atoms with Gasteiger partial charge in [-0.25, -0.2) is 0 Å². The summed E-state index contributed by atoms with van der Waals surface area (Å²) in [6, 6.07) is 0. The van der Waals surface area contributed by atoms with Gasteiger partial charge in [0.25, 0.3) is 0 Å². The third-order valence-electron chi connectivity index (χ3n) is 4.55. The van der Waals surface area contributed by atoms with E-state index >= 15 is 0 Å². The first-order valence-electron chi connectivity index (χ1n) is 6.62. The molecule has 0 amide bonds. The summed E-state index contributed by atoms with van der Waals surface area (Å²) < 4.78 is 0. The molecule has 0 radical (unpaired) electrons. The third kappa shape index (κ3) is 2.07. The Bertz CT molecular complexity index is 213. The van der Waals surface area contributed by atoms with Crippen molar-refractivity contribution in [3.63, 3.8) is 0 Å². The van der Waals surface area contributed by atoms with Crippen molar-refractivity contribution in [2.45, 2.75) is 45.6 Å². The maximum Gasteiger partial charge on any atom is 0.0197 e. The van der Waals surface area contributed by atoms with E-state index in [1.807, 2.05) is 0 Å². The van der Waals surface area contributed by atoms with Crippen LogP contribution in [0.5, 0.6) is 0 Å². The van der Waals surface area contributed by atoms with E-state index in [0.717, 1.165) is 11.8 Å². The van der Waals surface area contributed by atoms with Crippen LogP contribution in [0.3, 0.4) is 0 Å². The topological polar surface area (TPSA) is 15.3 Å². The molecule has 0 saturated carbocycles. The van der Waals surface area contributed by atoms with E-state index in [1.54, 1.807) is 0 Å². The molecule has 2 unspecified atom stereocenters. The normalized spacial score (nSPS) is 34.6. The SMILES string of the molecule is CCCCCN1CC2CNCC2C1(C)C. The molecule has 0 spiro atoms. The summed E-state index contributed by atoms with van der Waals surface area (Å²) in [5, 5.41) is 3.54. The largest absolute Gasteiger partial charge is 0.316 e. The van der Waals surface area contributed by atoms with Crippen LogP contribution in [0, 0.1) is 11.8 Å². The minimum Gasteiger partial charge on any atom is -0.316 e. The second kappa shape index (κ2) is 4.42. The Balaban J connectivity index is 1.90. The monoisotopic (exact) mass is 210 g/mol. The molecule has 2 heteroatoms. The lowest BCUT2D eigenvalue weighted by Crippen LogP contribution is -2.44. The van der Waals surface area contributed by atoms with E-state index in [1.165, 1.54) is 45.4 Å². The van der Waals surface area contributed by atoms with Gasteiger partial charge in [-0.1, -0.05) is 19.8 Å². The Labute approximate surface area is 94.4 Å². The molecule has 0 aromatic rings. The first kappa shape index (κ1) is 11.4. The Morgan fingerprint density at radius 1 is 1.27 bits per heavy atom. The first-order valence-corrected chi connectivity index (χ1v) is 6.62. The number of likely N-dealkylation sites (tertiary alicyclic amines) is 1. The van der Waals surface area contributed by atoms with Crippen LogP contribution in [0.2, 0.25) is 0 Å². The van der Waals surface area contributed by atoms with E-state index in [-0.39, 0.29) is 0 Å². The van der Waals surface area contributed by atoms with Crippen LogP contribution < -0.4 is 5.32 Å². The van der Waals surface area contributed by atoms with Gasteiger partial charge in [0.1, 0.15) is 0 Å². The molecule has 1 N–H and O–H groups in total. The van der Waals surface area contributed by atoms with Crippen molar-refractivity contribution in [3.8, 4) is 0 Å². The molecular formula is C13H26N2. The van der Waals surface area contributed by atoms with E-state index < -0.39 is 0 Å². The molecule has 2 nitrogen and oxygen atoms in total. The van der Waals surface area contributed by atoms with Gasteiger partial charge >= 0.3 is 0 Å². The van der Waals surface area contributed by atoms with E-state index in [0.29, 0.717) is 5.54 Å². The highest BCUT2D eigenvalue weighted by molar-refractivity contribution is 5.04. The summed E-state index contributed by atoms with van der Waals surface area (Å²) in [4.78, 5) is 2.73. The fourth-order valence-electron chi connectivity index (χ4n) is 3.44. The van der Waals surface area contributed by atoms with Gasteiger partial charge in [0.2, 0.25) is 0 Å². The van der Waals surface area contributed by atoms with Gasteiger partial charge in [-0.05, 0) is 45.2 Å². The zero-order valence-electron chi connectivity index (χ0n) is 10.6. The predicted molar refractivity (Wildman–Crippen MR) is 65.0 cm³/mol. The molecule has 88 valence electrons. The average Bonchev–Trinajstić information content (AvgIpc) is 2.72. The Kier molecular flexibility index (Phi) is 3.36. The van der Waals surface area contributed by atoms with Crippen molar-refractivity contribution in [1.29, 1.82) is 0 Å². The molecule has 0 aromatic carbocycles. The van der Waals surface area contributed by atoms with Crippen LogP contribution in [0.25, 0.3) is 0 Å². The minimum atomic E-state index is 0.432. The zero-order chi connectivity index (χ0) is 10.9. The lowest BCUT2D eigenvalue weighted by Gasteiger charge is -2.35. The molecule has 2 atom stereocenters. The van der Waals surface area contributed by atoms with Crippen molar-refractivity contribution in [2.24, 2.45) is 11.8 Å². The Morgan fingerprint density at radius 3 is 2.73 bits per heavy atom. The fraction of sp³-hybridized carbons (Fsp3) is 1.00. The smallest absolute Gasteiger partial charge is 0.0197 e. The number of nitrogens with zero attached hydrogens (tertiary/aromatic N) is 1. The van der Waals surface area contributed by atoms with Crippen molar-refractivity contribution in [1.82, 2.24) is 10.2 Å². The summed E-state index contributed by atoms with van der Waals surface area (Å²) in [7, 11) is 0. The number of hydrogen-bond acceptors (Lipinski definition) is 2. The Hall–Kier alpha value is -0.0800. The highest BCUT2D eigenvalue weighted by atomic mass is 15.2. The van der Waals surface area contributed by atoms with Gasteiger partial charge in [0, 0.05) is 18.6 Å². The number of unbranched alkanes of at least 4 members (excludes halogenated alkanes) is 2. The van der Waals surface area contributed by atoms with Crippen LogP contribution in [-0.2, 0) is 0 Å². The van der Waals surface area contributed by atoms with Crippen molar-refractivity contribution < 1.29 is 0 Å². The van der Waals surface area contributed by atoms with Crippen LogP contribution in [0.4, 0.5) is 0 Å². The number of fused-ring (bicyclic) bond motifs is 1. The third-order valence-corrected chi connectivity index (χ3v) is 4.55. The summed E-state index contributed by atoms with van der Waals surface area (Å²) in [6.07, 6.45) is 4.11. The van der Waals surface area contributed by atoms with Crippen LogP contribution >= 0.6 is 0 Å². The van der Waals surface area contributed by atoms with Crippen LogP contribution in [-0.4, -0.2) is 36.6 Å². The standard InChI is InChI=1S/C13H26N2/c1-4-5-6-7-15-10-11-8-14-9-12(11)13(15,2)3/h11-12,14H,4-10H2,1-3H3. The number of rotatable bonds is 4. The molecular weight excluding hydrogens is 184 g/mol. The summed E-state index contributed by atoms with van der Waals surface area (Å²) in [5.74, 6) is 1.81. The summed E-state index contributed by atoms with van der Waals surface area (Å²) in [6.45, 7) is 12.3. The second-order valence-electron chi connectivity index (χ2n) is 5.83. The second-order valence-corrected chi connectivity index (χ2v) is 5.83. The quantitative estimate of drug-likeness (QED) is 0.715. The molecule has 2 aliphatic rings. The molecule has 0 aliphatic carbocycles. The Morgan fingerprint density at radius 2 is 2.07 bits per heavy atom. The van der Waals surface area contributed by atoms with Gasteiger partial charge in [-0.15, -0.1) is 0 Å². The van der Waals surface area contributed by atoms with Gasteiger partial charge in [-0.3, -0.25) is 4.90 Å². The van der Waals surface area contributed by atoms with Crippen molar-refractivity contribution >= 4 is 0 Å². The van der Waals surface area contributed by atoms with Crippen molar-refractivity contribution in [3.05, 3.63) is 0 Å². The van der Waals surface area contributed by atoms with Crippen molar-refractivity contribution in [2.75, 3.05) is 26.2 Å². The van der Waals surface area contributed by atoms with E-state index in [4.69, 9.17) is 0 Å². The number of nitrogens with one attached hydrogen (secondary N) is 1. The molecule has 2 heterocycles. The van der Waals surface area contributed by atoms with Gasteiger partial charge in [0.05, 0.1) is 0 Å².